The lowest BCUT2D eigenvalue weighted by atomic mass is 9.98. The third kappa shape index (κ3) is 7.25. The second kappa shape index (κ2) is 11.3. The highest BCUT2D eigenvalue weighted by atomic mass is 35.5. The van der Waals surface area contributed by atoms with Crippen molar-refractivity contribution in [3.63, 3.8) is 0 Å². The Labute approximate surface area is 193 Å². The molecule has 2 rings (SSSR count). The van der Waals surface area contributed by atoms with Gasteiger partial charge < -0.3 is 28.4 Å². The molecule has 1 aromatic carbocycles. The Morgan fingerprint density at radius 2 is 1.41 bits per heavy atom. The summed E-state index contributed by atoms with van der Waals surface area (Å²) in [6.45, 7) is 4.19. The monoisotopic (exact) mass is 492 g/mol. The fourth-order valence-electron chi connectivity index (χ4n) is 2.98. The first kappa shape index (κ1) is 25.7. The first-order chi connectivity index (χ1) is 15.0. The van der Waals surface area contributed by atoms with Gasteiger partial charge in [-0.3, -0.25) is 19.2 Å². The van der Waals surface area contributed by atoms with Gasteiger partial charge in [-0.15, -0.1) is 0 Å². The van der Waals surface area contributed by atoms with Gasteiger partial charge in [0.2, 0.25) is 12.4 Å². The van der Waals surface area contributed by atoms with Crippen molar-refractivity contribution in [3.05, 3.63) is 28.2 Å². The summed E-state index contributed by atoms with van der Waals surface area (Å²) in [6.07, 6.45) is -6.49. The summed E-state index contributed by atoms with van der Waals surface area (Å²) in [7, 11) is 0. The lowest BCUT2D eigenvalue weighted by Crippen LogP contribution is -2.63. The standard InChI is InChI=1S/C20H22Cl2O10/c1-9(23)27-8-16-17(28-10(2)24)18(29-11(3)25)19(30-12(4)26)20(32-16)31-15-6-5-13(21)7-14(15)22/h5-7,16-20H,8H2,1-4H3/t16-,17-,18+,19-,20-/m0/s1. The lowest BCUT2D eigenvalue weighted by molar-refractivity contribution is -0.288. The molecule has 0 N–H and O–H groups in total. The highest BCUT2D eigenvalue weighted by Crippen LogP contribution is 2.34. The van der Waals surface area contributed by atoms with Gasteiger partial charge in [-0.05, 0) is 18.2 Å². The minimum atomic E-state index is -1.38. The number of benzene rings is 1. The van der Waals surface area contributed by atoms with Crippen molar-refractivity contribution in [3.8, 4) is 5.75 Å². The maximum Gasteiger partial charge on any atom is 0.303 e. The Kier molecular flexibility index (Phi) is 9.11. The number of hydrogen-bond acceptors (Lipinski definition) is 10. The summed E-state index contributed by atoms with van der Waals surface area (Å²) in [6, 6.07) is 4.39. The van der Waals surface area contributed by atoms with Crippen molar-refractivity contribution in [2.24, 2.45) is 0 Å². The molecule has 0 unspecified atom stereocenters. The minimum Gasteiger partial charge on any atom is -0.463 e. The third-order valence-electron chi connectivity index (χ3n) is 4.09. The van der Waals surface area contributed by atoms with Gasteiger partial charge in [0.25, 0.3) is 0 Å². The molecule has 10 nitrogen and oxygen atoms in total. The molecule has 1 aromatic rings. The Bertz CT molecular complexity index is 874. The van der Waals surface area contributed by atoms with E-state index in [-0.39, 0.29) is 17.4 Å². The van der Waals surface area contributed by atoms with Crippen LogP contribution in [0, 0.1) is 0 Å². The molecular formula is C20H22Cl2O10. The Morgan fingerprint density at radius 1 is 0.844 bits per heavy atom. The van der Waals surface area contributed by atoms with Gasteiger partial charge >= 0.3 is 23.9 Å². The van der Waals surface area contributed by atoms with E-state index >= 15 is 0 Å². The van der Waals surface area contributed by atoms with Crippen LogP contribution in [0.15, 0.2) is 18.2 Å². The van der Waals surface area contributed by atoms with E-state index in [0.29, 0.717) is 5.02 Å². The van der Waals surface area contributed by atoms with Gasteiger partial charge in [0.1, 0.15) is 18.5 Å². The molecule has 32 heavy (non-hydrogen) atoms. The van der Waals surface area contributed by atoms with Crippen LogP contribution < -0.4 is 4.74 Å². The normalized spacial score (nSPS) is 24.8. The molecular weight excluding hydrogens is 471 g/mol. The number of esters is 4. The topological polar surface area (TPSA) is 124 Å². The number of rotatable bonds is 7. The third-order valence-corrected chi connectivity index (χ3v) is 4.62. The highest BCUT2D eigenvalue weighted by Gasteiger charge is 2.53. The van der Waals surface area contributed by atoms with Gasteiger partial charge in [0, 0.05) is 32.7 Å². The zero-order valence-electron chi connectivity index (χ0n) is 17.7. The van der Waals surface area contributed by atoms with E-state index < -0.39 is 54.6 Å². The molecule has 0 bridgehead atoms. The van der Waals surface area contributed by atoms with Crippen molar-refractivity contribution in [1.82, 2.24) is 0 Å². The summed E-state index contributed by atoms with van der Waals surface area (Å²) < 4.78 is 32.5. The Hall–Kier alpha value is -2.56. The van der Waals surface area contributed by atoms with Crippen LogP contribution in [0.3, 0.4) is 0 Å². The number of ether oxygens (including phenoxy) is 6. The minimum absolute atomic E-state index is 0.122. The van der Waals surface area contributed by atoms with Crippen molar-refractivity contribution in [1.29, 1.82) is 0 Å². The highest BCUT2D eigenvalue weighted by molar-refractivity contribution is 6.35. The van der Waals surface area contributed by atoms with Crippen LogP contribution in [0.5, 0.6) is 5.75 Å². The van der Waals surface area contributed by atoms with E-state index in [9.17, 15) is 19.2 Å². The fraction of sp³-hybridized carbons (Fsp3) is 0.500. The maximum atomic E-state index is 11.8. The molecule has 1 aliphatic rings. The summed E-state index contributed by atoms with van der Waals surface area (Å²) >= 11 is 12.1. The fourth-order valence-corrected chi connectivity index (χ4v) is 3.43. The van der Waals surface area contributed by atoms with E-state index in [1.54, 1.807) is 0 Å². The van der Waals surface area contributed by atoms with Gasteiger partial charge in [-0.2, -0.15) is 0 Å². The molecule has 176 valence electrons. The van der Waals surface area contributed by atoms with E-state index in [2.05, 4.69) is 0 Å². The van der Waals surface area contributed by atoms with Crippen LogP contribution in [0.25, 0.3) is 0 Å². The smallest absolute Gasteiger partial charge is 0.303 e. The largest absolute Gasteiger partial charge is 0.463 e. The zero-order chi connectivity index (χ0) is 24.0. The molecule has 0 amide bonds. The molecule has 1 fully saturated rings. The summed E-state index contributed by atoms with van der Waals surface area (Å²) in [5, 5.41) is 0.481. The first-order valence-electron chi connectivity index (χ1n) is 9.40. The van der Waals surface area contributed by atoms with Crippen molar-refractivity contribution in [2.75, 3.05) is 6.61 Å². The lowest BCUT2D eigenvalue weighted by Gasteiger charge is -2.43. The van der Waals surface area contributed by atoms with Gasteiger partial charge in [0.05, 0.1) is 5.02 Å². The SMILES string of the molecule is CC(=O)OC[C@@H]1O[C@H](Oc2ccc(Cl)cc2Cl)[C@@H](OC(C)=O)[C@H](OC(C)=O)[C@H]1OC(C)=O. The summed E-state index contributed by atoms with van der Waals surface area (Å²) in [5.74, 6) is -2.73. The van der Waals surface area contributed by atoms with Crippen molar-refractivity contribution in [2.45, 2.75) is 58.4 Å². The number of hydrogen-bond donors (Lipinski definition) is 0. The molecule has 0 spiro atoms. The molecule has 5 atom stereocenters. The molecule has 0 radical (unpaired) electrons. The number of carbonyl (C=O) groups excluding carboxylic acids is 4. The summed E-state index contributed by atoms with van der Waals surface area (Å²) in [4.78, 5) is 46.6. The quantitative estimate of drug-likeness (QED) is 0.413. The second-order valence-electron chi connectivity index (χ2n) is 6.76. The van der Waals surface area contributed by atoms with Gasteiger partial charge in [0.15, 0.2) is 12.2 Å². The Morgan fingerprint density at radius 3 is 1.94 bits per heavy atom. The Balaban J connectivity index is 2.47. The molecule has 0 aromatic heterocycles. The van der Waals surface area contributed by atoms with Crippen LogP contribution in [0.1, 0.15) is 27.7 Å². The second-order valence-corrected chi connectivity index (χ2v) is 7.60. The molecule has 1 saturated heterocycles. The van der Waals surface area contributed by atoms with E-state index in [0.717, 1.165) is 20.8 Å². The van der Waals surface area contributed by atoms with E-state index in [1.807, 2.05) is 0 Å². The average molecular weight is 493 g/mol. The molecule has 12 heteroatoms. The molecule has 0 aliphatic carbocycles. The molecule has 1 heterocycles. The van der Waals surface area contributed by atoms with Crippen molar-refractivity contribution < 1.29 is 47.6 Å². The molecule has 1 aliphatic heterocycles. The maximum absolute atomic E-state index is 11.8. The van der Waals surface area contributed by atoms with E-state index in [1.165, 1.54) is 25.1 Å². The van der Waals surface area contributed by atoms with Crippen LogP contribution >= 0.6 is 23.2 Å². The van der Waals surface area contributed by atoms with E-state index in [4.69, 9.17) is 51.6 Å². The van der Waals surface area contributed by atoms with Gasteiger partial charge in [-0.25, -0.2) is 0 Å². The van der Waals surface area contributed by atoms with Crippen LogP contribution in [0.4, 0.5) is 0 Å². The van der Waals surface area contributed by atoms with Crippen LogP contribution in [-0.2, 0) is 42.9 Å². The average Bonchev–Trinajstić information content (AvgIpc) is 2.65. The predicted molar refractivity (Wildman–Crippen MR) is 109 cm³/mol. The van der Waals surface area contributed by atoms with Crippen molar-refractivity contribution >= 4 is 47.1 Å². The predicted octanol–water partition coefficient (Wildman–Crippen LogP) is 2.46. The number of carbonyl (C=O) groups is 4. The zero-order valence-corrected chi connectivity index (χ0v) is 19.2. The molecule has 0 saturated carbocycles. The van der Waals surface area contributed by atoms with Crippen LogP contribution in [-0.4, -0.2) is 61.2 Å². The number of halogens is 2. The first-order valence-corrected chi connectivity index (χ1v) is 10.2. The van der Waals surface area contributed by atoms with Gasteiger partial charge in [-0.1, -0.05) is 23.2 Å². The van der Waals surface area contributed by atoms with Crippen LogP contribution in [0.2, 0.25) is 10.0 Å². The summed E-state index contributed by atoms with van der Waals surface area (Å²) in [5.41, 5.74) is 0.